The van der Waals surface area contributed by atoms with Gasteiger partial charge in [-0.1, -0.05) is 44.4 Å². The second-order valence-electron chi connectivity index (χ2n) is 4.57. The van der Waals surface area contributed by atoms with Crippen LogP contribution < -0.4 is 0 Å². The summed E-state index contributed by atoms with van der Waals surface area (Å²) in [4.78, 5) is 0.490. The SMILES string of the molecule is CCCCCC1c2ccccc2S(=O)(=O)N1C. The number of nitrogens with zero attached hydrogens (tertiary/aromatic N) is 1. The molecule has 1 atom stereocenters. The maximum atomic E-state index is 12.2. The third-order valence-corrected chi connectivity index (χ3v) is 5.40. The summed E-state index contributed by atoms with van der Waals surface area (Å²) in [6.45, 7) is 2.16. The number of hydrogen-bond acceptors (Lipinski definition) is 2. The van der Waals surface area contributed by atoms with E-state index in [0.29, 0.717) is 4.90 Å². The highest BCUT2D eigenvalue weighted by atomic mass is 32.2. The van der Waals surface area contributed by atoms with Crippen molar-refractivity contribution in [3.63, 3.8) is 0 Å². The van der Waals surface area contributed by atoms with Gasteiger partial charge in [0.2, 0.25) is 10.0 Å². The Bertz CT molecular complexity index is 496. The molecule has 1 heterocycles. The smallest absolute Gasteiger partial charge is 0.207 e. The molecule has 0 aromatic heterocycles. The monoisotopic (exact) mass is 253 g/mol. The van der Waals surface area contributed by atoms with Gasteiger partial charge in [-0.15, -0.1) is 0 Å². The number of sulfonamides is 1. The molecule has 1 aromatic rings. The number of unbranched alkanes of at least 4 members (excludes halogenated alkanes) is 2. The van der Waals surface area contributed by atoms with E-state index in [1.807, 2.05) is 12.1 Å². The lowest BCUT2D eigenvalue weighted by molar-refractivity contribution is 0.365. The lowest BCUT2D eigenvalue weighted by atomic mass is 10.0. The van der Waals surface area contributed by atoms with Crippen molar-refractivity contribution in [1.82, 2.24) is 4.31 Å². The van der Waals surface area contributed by atoms with Gasteiger partial charge in [0.25, 0.3) is 0 Å². The van der Waals surface area contributed by atoms with E-state index < -0.39 is 10.0 Å². The minimum Gasteiger partial charge on any atom is -0.207 e. The van der Waals surface area contributed by atoms with Gasteiger partial charge in [-0.3, -0.25) is 0 Å². The minimum atomic E-state index is -3.24. The zero-order chi connectivity index (χ0) is 12.5. The first-order valence-corrected chi connectivity index (χ1v) is 7.60. The Balaban J connectivity index is 2.30. The molecule has 0 saturated heterocycles. The summed E-state index contributed by atoms with van der Waals surface area (Å²) in [5.74, 6) is 0. The van der Waals surface area contributed by atoms with Gasteiger partial charge >= 0.3 is 0 Å². The van der Waals surface area contributed by atoms with Gasteiger partial charge in [0, 0.05) is 7.05 Å². The molecule has 1 aliphatic heterocycles. The zero-order valence-corrected chi connectivity index (χ0v) is 11.2. The van der Waals surface area contributed by atoms with Crippen LogP contribution in [0, 0.1) is 0 Å². The standard InChI is InChI=1S/C13H19NO2S/c1-3-4-5-9-12-11-8-6-7-10-13(11)17(15,16)14(12)2/h6-8,10,12H,3-5,9H2,1-2H3. The summed E-state index contributed by atoms with van der Waals surface area (Å²) in [7, 11) is -1.55. The van der Waals surface area contributed by atoms with Gasteiger partial charge in [-0.05, 0) is 18.1 Å². The molecule has 0 spiro atoms. The molecule has 0 radical (unpaired) electrons. The number of rotatable bonds is 4. The van der Waals surface area contributed by atoms with Crippen LogP contribution in [0.5, 0.6) is 0 Å². The van der Waals surface area contributed by atoms with E-state index in [1.54, 1.807) is 19.2 Å². The molecule has 1 aliphatic rings. The van der Waals surface area contributed by atoms with Crippen molar-refractivity contribution in [3.8, 4) is 0 Å². The van der Waals surface area contributed by atoms with Gasteiger partial charge in [0.1, 0.15) is 0 Å². The fourth-order valence-electron chi connectivity index (χ4n) is 2.43. The van der Waals surface area contributed by atoms with Crippen LogP contribution in [0.15, 0.2) is 29.2 Å². The van der Waals surface area contributed by atoms with E-state index in [1.165, 1.54) is 4.31 Å². The maximum Gasteiger partial charge on any atom is 0.243 e. The predicted octanol–water partition coefficient (Wildman–Crippen LogP) is 2.94. The molecular weight excluding hydrogens is 234 g/mol. The summed E-state index contributed by atoms with van der Waals surface area (Å²) in [5, 5.41) is 0. The largest absolute Gasteiger partial charge is 0.243 e. The van der Waals surface area contributed by atoms with Crippen molar-refractivity contribution < 1.29 is 8.42 Å². The molecule has 2 rings (SSSR count). The van der Waals surface area contributed by atoms with Crippen molar-refractivity contribution in [2.45, 2.75) is 43.5 Å². The molecule has 0 aliphatic carbocycles. The van der Waals surface area contributed by atoms with E-state index in [9.17, 15) is 8.42 Å². The second kappa shape index (κ2) is 4.78. The molecule has 0 bridgehead atoms. The fourth-order valence-corrected chi connectivity index (χ4v) is 4.05. The lowest BCUT2D eigenvalue weighted by Gasteiger charge is -2.18. The Morgan fingerprint density at radius 1 is 1.24 bits per heavy atom. The fraction of sp³-hybridized carbons (Fsp3) is 0.538. The molecule has 17 heavy (non-hydrogen) atoms. The maximum absolute atomic E-state index is 12.2. The number of hydrogen-bond donors (Lipinski definition) is 0. The predicted molar refractivity (Wildman–Crippen MR) is 68.3 cm³/mol. The second-order valence-corrected chi connectivity index (χ2v) is 6.54. The Morgan fingerprint density at radius 2 is 1.94 bits per heavy atom. The molecule has 0 amide bonds. The first-order valence-electron chi connectivity index (χ1n) is 6.16. The summed E-state index contributed by atoms with van der Waals surface area (Å²) in [5.41, 5.74) is 0.964. The van der Waals surface area contributed by atoms with Gasteiger partial charge in [0.05, 0.1) is 10.9 Å². The summed E-state index contributed by atoms with van der Waals surface area (Å²) < 4.78 is 25.8. The first kappa shape index (κ1) is 12.6. The van der Waals surface area contributed by atoms with Gasteiger partial charge in [-0.2, -0.15) is 4.31 Å². The Morgan fingerprint density at radius 3 is 2.65 bits per heavy atom. The van der Waals surface area contributed by atoms with Crippen LogP contribution in [0.4, 0.5) is 0 Å². The van der Waals surface area contributed by atoms with Gasteiger partial charge < -0.3 is 0 Å². The minimum absolute atomic E-state index is 0.0303. The number of benzene rings is 1. The highest BCUT2D eigenvalue weighted by Gasteiger charge is 2.38. The van der Waals surface area contributed by atoms with Crippen molar-refractivity contribution in [1.29, 1.82) is 0 Å². The Hall–Kier alpha value is -0.870. The summed E-state index contributed by atoms with van der Waals surface area (Å²) in [6, 6.07) is 7.38. The third-order valence-electron chi connectivity index (χ3n) is 3.46. The van der Waals surface area contributed by atoms with Crippen molar-refractivity contribution in [2.75, 3.05) is 7.05 Å². The molecule has 1 aromatic carbocycles. The quantitative estimate of drug-likeness (QED) is 0.774. The number of fused-ring (bicyclic) bond motifs is 1. The van der Waals surface area contributed by atoms with Crippen LogP contribution in [0.2, 0.25) is 0 Å². The van der Waals surface area contributed by atoms with Crippen LogP contribution in [0.3, 0.4) is 0 Å². The van der Waals surface area contributed by atoms with E-state index in [4.69, 9.17) is 0 Å². The molecule has 3 nitrogen and oxygen atoms in total. The third kappa shape index (κ3) is 2.11. The average molecular weight is 253 g/mol. The van der Waals surface area contributed by atoms with Crippen LogP contribution in [-0.2, 0) is 10.0 Å². The summed E-state index contributed by atoms with van der Waals surface area (Å²) >= 11 is 0. The van der Waals surface area contributed by atoms with Crippen LogP contribution >= 0.6 is 0 Å². The van der Waals surface area contributed by atoms with E-state index >= 15 is 0 Å². The topological polar surface area (TPSA) is 37.4 Å². The first-order chi connectivity index (χ1) is 8.09. The Labute approximate surface area is 104 Å². The lowest BCUT2D eigenvalue weighted by Crippen LogP contribution is -2.23. The zero-order valence-electron chi connectivity index (χ0n) is 10.4. The Kier molecular flexibility index (Phi) is 3.54. The van der Waals surface area contributed by atoms with Crippen LogP contribution in [-0.4, -0.2) is 19.8 Å². The highest BCUT2D eigenvalue weighted by molar-refractivity contribution is 7.89. The van der Waals surface area contributed by atoms with Crippen LogP contribution in [0.1, 0.15) is 44.2 Å². The normalized spacial score (nSPS) is 22.6. The molecule has 94 valence electrons. The highest BCUT2D eigenvalue weighted by Crippen LogP contribution is 2.40. The average Bonchev–Trinajstić information content (AvgIpc) is 2.51. The van der Waals surface area contributed by atoms with E-state index in [-0.39, 0.29) is 6.04 Å². The summed E-state index contributed by atoms with van der Waals surface area (Å²) in [6.07, 6.45) is 4.31. The molecule has 0 saturated carbocycles. The van der Waals surface area contributed by atoms with Gasteiger partial charge in [0.15, 0.2) is 0 Å². The van der Waals surface area contributed by atoms with Crippen molar-refractivity contribution in [3.05, 3.63) is 29.8 Å². The van der Waals surface area contributed by atoms with E-state index in [2.05, 4.69) is 6.92 Å². The molecule has 4 heteroatoms. The van der Waals surface area contributed by atoms with Gasteiger partial charge in [-0.25, -0.2) is 8.42 Å². The van der Waals surface area contributed by atoms with Crippen molar-refractivity contribution >= 4 is 10.0 Å². The molecule has 0 fully saturated rings. The molecule has 0 N–H and O–H groups in total. The van der Waals surface area contributed by atoms with E-state index in [0.717, 1.165) is 31.2 Å². The molecule has 1 unspecified atom stereocenters. The molecular formula is C13H19NO2S. The van der Waals surface area contributed by atoms with Crippen LogP contribution in [0.25, 0.3) is 0 Å². The van der Waals surface area contributed by atoms with Crippen molar-refractivity contribution in [2.24, 2.45) is 0 Å².